The van der Waals surface area contributed by atoms with E-state index in [4.69, 9.17) is 9.05 Å². The maximum absolute atomic E-state index is 12.1. The molecular formula is C21H45O4P. The first-order valence-electron chi connectivity index (χ1n) is 11.1. The molecule has 0 aromatic rings. The van der Waals surface area contributed by atoms with Crippen molar-refractivity contribution in [3.05, 3.63) is 0 Å². The fourth-order valence-corrected chi connectivity index (χ4v) is 4.72. The van der Waals surface area contributed by atoms with Gasteiger partial charge in [0.25, 0.3) is 0 Å². The highest BCUT2D eigenvalue weighted by Gasteiger charge is 2.24. The standard InChI is InChI=1S/C21H45O4P/c1-4-5-6-7-8-9-10-11-12-13-14-15-16-17-18-19-20-26(23,24-3)25-21(2)22/h21-22H,4-20H2,1-3H3. The van der Waals surface area contributed by atoms with Crippen molar-refractivity contribution in [1.29, 1.82) is 0 Å². The van der Waals surface area contributed by atoms with Gasteiger partial charge in [0.15, 0.2) is 6.29 Å². The first kappa shape index (κ1) is 26.1. The van der Waals surface area contributed by atoms with Gasteiger partial charge < -0.3 is 9.63 Å². The van der Waals surface area contributed by atoms with Crippen LogP contribution in [0.25, 0.3) is 0 Å². The first-order valence-corrected chi connectivity index (χ1v) is 12.8. The van der Waals surface area contributed by atoms with E-state index >= 15 is 0 Å². The van der Waals surface area contributed by atoms with Gasteiger partial charge in [0.1, 0.15) is 0 Å². The summed E-state index contributed by atoms with van der Waals surface area (Å²) in [6.45, 7) is 3.73. The van der Waals surface area contributed by atoms with Gasteiger partial charge in [-0.3, -0.25) is 9.09 Å². The monoisotopic (exact) mass is 392 g/mol. The molecule has 0 saturated heterocycles. The number of rotatable bonds is 20. The molecule has 0 heterocycles. The second-order valence-corrected chi connectivity index (χ2v) is 9.77. The Hall–Kier alpha value is 0.110. The van der Waals surface area contributed by atoms with E-state index < -0.39 is 13.9 Å². The Morgan fingerprint density at radius 2 is 1.08 bits per heavy atom. The van der Waals surface area contributed by atoms with Crippen LogP contribution in [-0.2, 0) is 13.6 Å². The zero-order valence-corrected chi connectivity index (χ0v) is 18.6. The zero-order valence-electron chi connectivity index (χ0n) is 17.7. The van der Waals surface area contributed by atoms with Crippen LogP contribution in [0.15, 0.2) is 0 Å². The number of unbranched alkanes of at least 4 members (excludes halogenated alkanes) is 15. The summed E-state index contributed by atoms with van der Waals surface area (Å²) in [6, 6.07) is 0. The molecule has 0 amide bonds. The van der Waals surface area contributed by atoms with Gasteiger partial charge >= 0.3 is 7.60 Å². The smallest absolute Gasteiger partial charge is 0.332 e. The van der Waals surface area contributed by atoms with E-state index in [1.165, 1.54) is 104 Å². The molecule has 1 N–H and O–H groups in total. The molecule has 2 atom stereocenters. The van der Waals surface area contributed by atoms with E-state index in [0.717, 1.165) is 12.8 Å². The summed E-state index contributed by atoms with van der Waals surface area (Å²) in [6.07, 6.45) is 20.4. The zero-order chi connectivity index (χ0) is 19.5. The van der Waals surface area contributed by atoms with Crippen LogP contribution in [0.1, 0.15) is 117 Å². The van der Waals surface area contributed by atoms with Gasteiger partial charge in [-0.25, -0.2) is 0 Å². The Bertz CT molecular complexity index is 334. The molecule has 0 aliphatic carbocycles. The molecule has 0 spiro atoms. The van der Waals surface area contributed by atoms with Crippen molar-refractivity contribution in [3.8, 4) is 0 Å². The summed E-state index contributed by atoms with van der Waals surface area (Å²) in [7, 11) is -1.71. The quantitative estimate of drug-likeness (QED) is 0.133. The molecule has 0 bridgehead atoms. The van der Waals surface area contributed by atoms with Crippen LogP contribution < -0.4 is 0 Å². The third-order valence-electron chi connectivity index (χ3n) is 4.88. The number of aliphatic hydroxyl groups excluding tert-OH is 1. The van der Waals surface area contributed by atoms with Gasteiger partial charge in [0, 0.05) is 7.11 Å². The van der Waals surface area contributed by atoms with E-state index in [1.807, 2.05) is 0 Å². The normalized spacial score (nSPS) is 15.1. The van der Waals surface area contributed by atoms with Crippen LogP contribution in [0.5, 0.6) is 0 Å². The molecule has 0 aromatic carbocycles. The van der Waals surface area contributed by atoms with Crippen LogP contribution in [0, 0.1) is 0 Å². The van der Waals surface area contributed by atoms with E-state index in [0.29, 0.717) is 6.16 Å². The molecule has 0 aliphatic heterocycles. The number of hydrogen-bond acceptors (Lipinski definition) is 4. The Balaban J connectivity index is 3.28. The van der Waals surface area contributed by atoms with E-state index in [1.54, 1.807) is 0 Å². The SMILES string of the molecule is CCCCCCCCCCCCCCCCCCP(=O)(OC)OC(C)O. The third kappa shape index (κ3) is 17.5. The maximum atomic E-state index is 12.1. The molecule has 0 saturated carbocycles. The summed E-state index contributed by atoms with van der Waals surface area (Å²) in [5.41, 5.74) is 0. The first-order chi connectivity index (χ1) is 12.5. The summed E-state index contributed by atoms with van der Waals surface area (Å²) in [4.78, 5) is 0. The number of hydrogen-bond donors (Lipinski definition) is 1. The van der Waals surface area contributed by atoms with Crippen molar-refractivity contribution in [2.45, 2.75) is 123 Å². The summed E-state index contributed by atoms with van der Waals surface area (Å²) in [5, 5.41) is 9.18. The summed E-state index contributed by atoms with van der Waals surface area (Å²) in [5.74, 6) is 0. The fraction of sp³-hybridized carbons (Fsp3) is 1.00. The van der Waals surface area contributed by atoms with Gasteiger partial charge in [-0.15, -0.1) is 0 Å². The Morgan fingerprint density at radius 1 is 0.731 bits per heavy atom. The molecule has 2 unspecified atom stereocenters. The van der Waals surface area contributed by atoms with Crippen molar-refractivity contribution < 1.29 is 18.7 Å². The molecule has 5 heteroatoms. The average Bonchev–Trinajstić information content (AvgIpc) is 2.60. The van der Waals surface area contributed by atoms with Crippen LogP contribution >= 0.6 is 7.60 Å². The van der Waals surface area contributed by atoms with Crippen molar-refractivity contribution in [1.82, 2.24) is 0 Å². The maximum Gasteiger partial charge on any atom is 0.332 e. The lowest BCUT2D eigenvalue weighted by Crippen LogP contribution is -2.07. The molecule has 0 radical (unpaired) electrons. The lowest BCUT2D eigenvalue weighted by Gasteiger charge is -2.17. The Labute approximate surface area is 163 Å². The van der Waals surface area contributed by atoms with Crippen LogP contribution in [0.3, 0.4) is 0 Å². The van der Waals surface area contributed by atoms with E-state index in [9.17, 15) is 9.67 Å². The number of aliphatic hydroxyl groups is 1. The lowest BCUT2D eigenvalue weighted by atomic mass is 10.0. The fourth-order valence-electron chi connectivity index (χ4n) is 3.27. The minimum atomic E-state index is -3.09. The third-order valence-corrected chi connectivity index (χ3v) is 6.92. The lowest BCUT2D eigenvalue weighted by molar-refractivity contribution is -0.0104. The molecule has 158 valence electrons. The van der Waals surface area contributed by atoms with Gasteiger partial charge in [0.2, 0.25) is 0 Å². The second kappa shape index (κ2) is 18.5. The minimum absolute atomic E-state index is 0.396. The molecule has 0 rings (SSSR count). The van der Waals surface area contributed by atoms with Gasteiger partial charge in [0.05, 0.1) is 6.16 Å². The molecule has 26 heavy (non-hydrogen) atoms. The Morgan fingerprint density at radius 3 is 1.38 bits per heavy atom. The van der Waals surface area contributed by atoms with Gasteiger partial charge in [-0.05, 0) is 13.3 Å². The largest absolute Gasteiger partial charge is 0.368 e. The van der Waals surface area contributed by atoms with Crippen LogP contribution in [-0.4, -0.2) is 24.7 Å². The summed E-state index contributed by atoms with van der Waals surface area (Å²) < 4.78 is 22.1. The topological polar surface area (TPSA) is 55.8 Å². The average molecular weight is 393 g/mol. The van der Waals surface area contributed by atoms with Crippen LogP contribution in [0.2, 0.25) is 0 Å². The molecule has 4 nitrogen and oxygen atoms in total. The highest BCUT2D eigenvalue weighted by Crippen LogP contribution is 2.49. The van der Waals surface area contributed by atoms with Crippen molar-refractivity contribution in [3.63, 3.8) is 0 Å². The molecule has 0 fully saturated rings. The van der Waals surface area contributed by atoms with Crippen molar-refractivity contribution in [2.75, 3.05) is 13.3 Å². The molecule has 0 aromatic heterocycles. The minimum Gasteiger partial charge on any atom is -0.368 e. The Kier molecular flexibility index (Phi) is 18.6. The highest BCUT2D eigenvalue weighted by atomic mass is 31.2. The molecular weight excluding hydrogens is 347 g/mol. The van der Waals surface area contributed by atoms with Crippen molar-refractivity contribution in [2.24, 2.45) is 0 Å². The highest BCUT2D eigenvalue weighted by molar-refractivity contribution is 7.53. The van der Waals surface area contributed by atoms with Gasteiger partial charge in [-0.2, -0.15) is 0 Å². The second-order valence-electron chi connectivity index (χ2n) is 7.53. The van der Waals surface area contributed by atoms with Crippen molar-refractivity contribution >= 4 is 7.60 Å². The molecule has 0 aliphatic rings. The van der Waals surface area contributed by atoms with E-state index in [2.05, 4.69) is 6.92 Å². The van der Waals surface area contributed by atoms with Gasteiger partial charge in [-0.1, -0.05) is 103 Å². The predicted molar refractivity (Wildman–Crippen MR) is 112 cm³/mol. The summed E-state index contributed by atoms with van der Waals surface area (Å²) >= 11 is 0. The van der Waals surface area contributed by atoms with Crippen LogP contribution in [0.4, 0.5) is 0 Å². The predicted octanol–water partition coefficient (Wildman–Crippen LogP) is 7.44. The van der Waals surface area contributed by atoms with E-state index in [-0.39, 0.29) is 0 Å².